The first kappa shape index (κ1) is 18.4. The zero-order valence-electron chi connectivity index (χ0n) is 14.6. The van der Waals surface area contributed by atoms with Crippen molar-refractivity contribution in [3.8, 4) is 17.2 Å². The number of ether oxygens (including phenoxy) is 3. The van der Waals surface area contributed by atoms with E-state index in [4.69, 9.17) is 19.3 Å². The summed E-state index contributed by atoms with van der Waals surface area (Å²) in [5.41, 5.74) is 1.93. The molecule has 0 spiro atoms. The lowest BCUT2D eigenvalue weighted by molar-refractivity contribution is -0.138. The van der Waals surface area contributed by atoms with Crippen molar-refractivity contribution in [3.05, 3.63) is 53.6 Å². The highest BCUT2D eigenvalue weighted by Gasteiger charge is 2.30. The van der Waals surface area contributed by atoms with Gasteiger partial charge in [0.25, 0.3) is 0 Å². The van der Waals surface area contributed by atoms with Crippen molar-refractivity contribution >= 4 is 17.7 Å². The number of aliphatic carboxylic acids is 1. The molecule has 0 amide bonds. The van der Waals surface area contributed by atoms with Gasteiger partial charge in [0.2, 0.25) is 0 Å². The van der Waals surface area contributed by atoms with Crippen molar-refractivity contribution in [2.24, 2.45) is 0 Å². The summed E-state index contributed by atoms with van der Waals surface area (Å²) in [5.74, 6) is 1.97. The maximum atomic E-state index is 11.0. The van der Waals surface area contributed by atoms with Gasteiger partial charge < -0.3 is 19.3 Å². The Hall–Kier alpha value is -2.38. The molecule has 1 aliphatic heterocycles. The van der Waals surface area contributed by atoms with Crippen LogP contribution in [-0.2, 0) is 11.4 Å². The van der Waals surface area contributed by atoms with Gasteiger partial charge in [-0.3, -0.25) is 10.1 Å². The molecule has 138 valence electrons. The summed E-state index contributed by atoms with van der Waals surface area (Å²) in [6, 6.07) is 12.8. The Morgan fingerprint density at radius 3 is 2.50 bits per heavy atom. The van der Waals surface area contributed by atoms with E-state index in [-0.39, 0.29) is 5.37 Å². The first-order valence-electron chi connectivity index (χ1n) is 8.15. The number of nitrogens with one attached hydrogen (secondary N) is 1. The molecular formula is C19H21NO5S. The Kier molecular flexibility index (Phi) is 5.90. The van der Waals surface area contributed by atoms with Gasteiger partial charge in [0, 0.05) is 11.3 Å². The molecule has 0 radical (unpaired) electrons. The van der Waals surface area contributed by atoms with E-state index in [1.807, 2.05) is 42.5 Å². The first-order valence-corrected chi connectivity index (χ1v) is 9.19. The van der Waals surface area contributed by atoms with Crippen molar-refractivity contribution in [1.82, 2.24) is 5.32 Å². The van der Waals surface area contributed by atoms with Crippen LogP contribution in [-0.4, -0.2) is 37.1 Å². The maximum Gasteiger partial charge on any atom is 0.321 e. The lowest BCUT2D eigenvalue weighted by Gasteiger charge is -2.14. The lowest BCUT2D eigenvalue weighted by atomic mass is 10.2. The van der Waals surface area contributed by atoms with Crippen LogP contribution in [0.15, 0.2) is 42.5 Å². The van der Waals surface area contributed by atoms with Gasteiger partial charge in [-0.25, -0.2) is 0 Å². The second kappa shape index (κ2) is 8.33. The average molecular weight is 375 g/mol. The first-order chi connectivity index (χ1) is 12.6. The third-order valence-electron chi connectivity index (χ3n) is 4.14. The van der Waals surface area contributed by atoms with Gasteiger partial charge in [0.05, 0.1) is 19.6 Å². The summed E-state index contributed by atoms with van der Waals surface area (Å²) in [7, 11) is 3.24. The monoisotopic (exact) mass is 375 g/mol. The Labute approximate surface area is 156 Å². The highest BCUT2D eigenvalue weighted by atomic mass is 32.2. The fourth-order valence-electron chi connectivity index (χ4n) is 2.70. The molecule has 6 nitrogen and oxygen atoms in total. The van der Waals surface area contributed by atoms with Crippen LogP contribution in [0.25, 0.3) is 0 Å². The molecule has 1 heterocycles. The van der Waals surface area contributed by atoms with Gasteiger partial charge in [-0.1, -0.05) is 12.1 Å². The van der Waals surface area contributed by atoms with Gasteiger partial charge >= 0.3 is 5.97 Å². The topological polar surface area (TPSA) is 77.0 Å². The number of hydrogen-bond acceptors (Lipinski definition) is 6. The molecule has 0 unspecified atom stereocenters. The van der Waals surface area contributed by atoms with Gasteiger partial charge in [-0.15, -0.1) is 11.8 Å². The average Bonchev–Trinajstić information content (AvgIpc) is 3.17. The van der Waals surface area contributed by atoms with Crippen molar-refractivity contribution in [3.63, 3.8) is 0 Å². The van der Waals surface area contributed by atoms with Crippen LogP contribution < -0.4 is 19.5 Å². The zero-order chi connectivity index (χ0) is 18.5. The van der Waals surface area contributed by atoms with Crippen molar-refractivity contribution in [1.29, 1.82) is 0 Å². The van der Waals surface area contributed by atoms with Gasteiger partial charge in [0.1, 0.15) is 29.9 Å². The van der Waals surface area contributed by atoms with Crippen LogP contribution in [0.2, 0.25) is 0 Å². The lowest BCUT2D eigenvalue weighted by Crippen LogP contribution is -2.33. The molecule has 0 aliphatic carbocycles. The molecular weight excluding hydrogens is 354 g/mol. The number of benzene rings is 2. The second-order valence-electron chi connectivity index (χ2n) is 5.81. The van der Waals surface area contributed by atoms with Crippen LogP contribution in [0.1, 0.15) is 16.5 Å². The number of carboxylic acids is 1. The third-order valence-corrected chi connectivity index (χ3v) is 5.41. The van der Waals surface area contributed by atoms with Crippen molar-refractivity contribution in [2.45, 2.75) is 18.0 Å². The standard InChI is InChI=1S/C19H21NO5S/c1-23-15-7-8-17(24-2)13(9-15)10-25-14-5-3-12(4-6-14)18-20-16(11-26-18)19(21)22/h3-9,16,18,20H,10-11H2,1-2H3,(H,21,22)/t16-,18+/m0/s1. The van der Waals surface area contributed by atoms with E-state index < -0.39 is 12.0 Å². The van der Waals surface area contributed by atoms with Gasteiger partial charge in [-0.2, -0.15) is 0 Å². The SMILES string of the molecule is COc1ccc(OC)c(COc2ccc([C@@H]3N[C@H](C(=O)O)CS3)cc2)c1. The van der Waals surface area contributed by atoms with E-state index in [9.17, 15) is 4.79 Å². The normalized spacial score (nSPS) is 19.2. The largest absolute Gasteiger partial charge is 0.497 e. The molecule has 0 saturated carbocycles. The summed E-state index contributed by atoms with van der Waals surface area (Å²) in [6.07, 6.45) is 0. The summed E-state index contributed by atoms with van der Waals surface area (Å²) in [5, 5.41) is 12.2. The molecule has 2 atom stereocenters. The van der Waals surface area contributed by atoms with Crippen LogP contribution in [0.5, 0.6) is 17.2 Å². The van der Waals surface area contributed by atoms with E-state index >= 15 is 0 Å². The molecule has 2 aromatic rings. The number of thioether (sulfide) groups is 1. The Balaban J connectivity index is 1.63. The van der Waals surface area contributed by atoms with Crippen LogP contribution >= 0.6 is 11.8 Å². The van der Waals surface area contributed by atoms with Crippen molar-refractivity contribution in [2.75, 3.05) is 20.0 Å². The number of carboxylic acid groups (broad SMARTS) is 1. The number of carbonyl (C=O) groups is 1. The molecule has 1 saturated heterocycles. The minimum absolute atomic E-state index is 0.0105. The molecule has 0 bridgehead atoms. The molecule has 0 aromatic heterocycles. The molecule has 2 N–H and O–H groups in total. The predicted molar refractivity (Wildman–Crippen MR) is 100 cm³/mol. The van der Waals surface area contributed by atoms with Crippen LogP contribution in [0.4, 0.5) is 0 Å². The Morgan fingerprint density at radius 2 is 1.88 bits per heavy atom. The molecule has 1 fully saturated rings. The minimum Gasteiger partial charge on any atom is -0.497 e. The van der Waals surface area contributed by atoms with E-state index in [2.05, 4.69) is 5.32 Å². The molecule has 3 rings (SSSR count). The van der Waals surface area contributed by atoms with E-state index in [0.29, 0.717) is 12.4 Å². The number of hydrogen-bond donors (Lipinski definition) is 2. The summed E-state index contributed by atoms with van der Waals surface area (Å²) < 4.78 is 16.5. The number of rotatable bonds is 7. The quantitative estimate of drug-likeness (QED) is 0.770. The fraction of sp³-hybridized carbons (Fsp3) is 0.316. The molecule has 1 aliphatic rings. The van der Waals surface area contributed by atoms with Gasteiger partial charge in [-0.05, 0) is 35.9 Å². The maximum absolute atomic E-state index is 11.0. The Morgan fingerprint density at radius 1 is 1.15 bits per heavy atom. The Bertz CT molecular complexity index is 765. The highest BCUT2D eigenvalue weighted by molar-refractivity contribution is 7.99. The molecule has 26 heavy (non-hydrogen) atoms. The summed E-state index contributed by atoms with van der Waals surface area (Å²) in [4.78, 5) is 11.0. The number of methoxy groups -OCH3 is 2. The van der Waals surface area contributed by atoms with Crippen molar-refractivity contribution < 1.29 is 24.1 Å². The predicted octanol–water partition coefficient (Wildman–Crippen LogP) is 3.07. The van der Waals surface area contributed by atoms with Gasteiger partial charge in [0.15, 0.2) is 0 Å². The van der Waals surface area contributed by atoms with E-state index in [0.717, 1.165) is 28.4 Å². The molecule has 7 heteroatoms. The fourth-order valence-corrected chi connectivity index (χ4v) is 3.93. The summed E-state index contributed by atoms with van der Waals surface area (Å²) >= 11 is 1.59. The minimum atomic E-state index is -0.813. The highest BCUT2D eigenvalue weighted by Crippen LogP contribution is 2.33. The van der Waals surface area contributed by atoms with Crippen LogP contribution in [0.3, 0.4) is 0 Å². The van der Waals surface area contributed by atoms with Crippen LogP contribution in [0, 0.1) is 0 Å². The molecule has 2 aromatic carbocycles. The zero-order valence-corrected chi connectivity index (χ0v) is 15.4. The smallest absolute Gasteiger partial charge is 0.321 e. The van der Waals surface area contributed by atoms with E-state index in [1.165, 1.54) is 0 Å². The second-order valence-corrected chi connectivity index (χ2v) is 6.94. The van der Waals surface area contributed by atoms with E-state index in [1.54, 1.807) is 26.0 Å². The third kappa shape index (κ3) is 4.23. The summed E-state index contributed by atoms with van der Waals surface area (Å²) in [6.45, 7) is 0.358.